The van der Waals surface area contributed by atoms with E-state index in [1.54, 1.807) is 6.92 Å². The van der Waals surface area contributed by atoms with E-state index in [1.165, 1.54) is 25.3 Å². The number of hydrogen-bond acceptors (Lipinski definition) is 7. The average Bonchev–Trinajstić information content (AvgIpc) is 2.73. The number of ether oxygens (including phenoxy) is 1. The van der Waals surface area contributed by atoms with Crippen molar-refractivity contribution in [2.45, 2.75) is 11.8 Å². The van der Waals surface area contributed by atoms with E-state index in [0.29, 0.717) is 11.5 Å². The van der Waals surface area contributed by atoms with E-state index in [9.17, 15) is 8.42 Å². The van der Waals surface area contributed by atoms with E-state index in [1.807, 2.05) is 0 Å². The van der Waals surface area contributed by atoms with Gasteiger partial charge in [-0.2, -0.15) is 4.37 Å². The molecule has 19 heavy (non-hydrogen) atoms. The van der Waals surface area contributed by atoms with Crippen molar-refractivity contribution < 1.29 is 13.2 Å². The number of aromatic nitrogens is 2. The zero-order valence-electron chi connectivity index (χ0n) is 10.2. The third-order valence-corrected chi connectivity index (χ3v) is 4.46. The van der Waals surface area contributed by atoms with Crippen molar-refractivity contribution in [1.82, 2.24) is 9.36 Å². The van der Waals surface area contributed by atoms with Crippen LogP contribution in [-0.2, 0) is 10.0 Å². The van der Waals surface area contributed by atoms with Gasteiger partial charge in [-0.05, 0) is 19.1 Å². The van der Waals surface area contributed by atoms with Gasteiger partial charge in [0.15, 0.2) is 0 Å². The van der Waals surface area contributed by atoms with E-state index in [2.05, 4.69) is 14.1 Å². The van der Waals surface area contributed by atoms with Crippen LogP contribution in [0.4, 0.5) is 10.8 Å². The topological polar surface area (TPSA) is 107 Å². The molecule has 0 bridgehead atoms. The van der Waals surface area contributed by atoms with Crippen molar-refractivity contribution in [3.8, 4) is 5.75 Å². The summed E-state index contributed by atoms with van der Waals surface area (Å²) in [6.07, 6.45) is 0. The Hall–Kier alpha value is -1.87. The number of anilines is 2. The molecule has 0 aliphatic rings. The monoisotopic (exact) mass is 300 g/mol. The van der Waals surface area contributed by atoms with Gasteiger partial charge in [0.05, 0.1) is 7.11 Å². The Bertz CT molecular complexity index is 697. The average molecular weight is 300 g/mol. The van der Waals surface area contributed by atoms with Crippen LogP contribution < -0.4 is 15.2 Å². The fourth-order valence-electron chi connectivity index (χ4n) is 1.41. The van der Waals surface area contributed by atoms with Gasteiger partial charge in [0.2, 0.25) is 5.13 Å². The van der Waals surface area contributed by atoms with Crippen molar-refractivity contribution >= 4 is 32.4 Å². The second-order valence-electron chi connectivity index (χ2n) is 3.66. The number of sulfonamides is 1. The van der Waals surface area contributed by atoms with E-state index in [0.717, 1.165) is 11.5 Å². The molecule has 102 valence electrons. The minimum absolute atomic E-state index is 0.00273. The van der Waals surface area contributed by atoms with Crippen molar-refractivity contribution in [3.63, 3.8) is 0 Å². The molecule has 0 fully saturated rings. The summed E-state index contributed by atoms with van der Waals surface area (Å²) >= 11 is 0.971. The molecule has 0 aliphatic heterocycles. The molecule has 7 nitrogen and oxygen atoms in total. The molecule has 0 saturated heterocycles. The Morgan fingerprint density at radius 2 is 2.16 bits per heavy atom. The molecule has 0 amide bonds. The molecule has 0 spiro atoms. The molecule has 1 heterocycles. The highest BCUT2D eigenvalue weighted by Crippen LogP contribution is 2.28. The van der Waals surface area contributed by atoms with Crippen molar-refractivity contribution in [2.75, 3.05) is 17.6 Å². The van der Waals surface area contributed by atoms with Gasteiger partial charge in [0.1, 0.15) is 16.5 Å². The maximum Gasteiger partial charge on any atom is 0.267 e. The van der Waals surface area contributed by atoms with Gasteiger partial charge in [0, 0.05) is 23.3 Å². The number of methoxy groups -OCH3 is 1. The van der Waals surface area contributed by atoms with Gasteiger partial charge in [0.25, 0.3) is 10.0 Å². The van der Waals surface area contributed by atoms with Crippen molar-refractivity contribution in [3.05, 3.63) is 24.0 Å². The molecule has 9 heteroatoms. The Morgan fingerprint density at radius 1 is 1.42 bits per heavy atom. The Kier molecular flexibility index (Phi) is 3.58. The Balaban J connectivity index is 2.39. The zero-order valence-corrected chi connectivity index (χ0v) is 11.9. The number of nitrogens with zero attached hydrogens (tertiary/aromatic N) is 2. The summed E-state index contributed by atoms with van der Waals surface area (Å²) in [4.78, 5) is 3.94. The van der Waals surface area contributed by atoms with Gasteiger partial charge in [-0.25, -0.2) is 13.4 Å². The lowest BCUT2D eigenvalue weighted by Crippen LogP contribution is -2.14. The molecule has 2 aromatic rings. The van der Waals surface area contributed by atoms with Crippen LogP contribution in [0.1, 0.15) is 5.82 Å². The number of hydrogen-bond donors (Lipinski definition) is 2. The number of rotatable bonds is 4. The van der Waals surface area contributed by atoms with Crippen LogP contribution in [-0.4, -0.2) is 24.9 Å². The highest BCUT2D eigenvalue weighted by Gasteiger charge is 2.21. The minimum Gasteiger partial charge on any atom is -0.495 e. The molecule has 0 atom stereocenters. The standard InChI is InChI=1S/C10H12N4O3S2/c1-6-12-10(18-13-6)14-19(15,16)9-4-3-7(11)5-8(9)17-2/h3-5H,11H2,1-2H3,(H,12,13,14). The third-order valence-electron chi connectivity index (χ3n) is 2.23. The van der Waals surface area contributed by atoms with Gasteiger partial charge >= 0.3 is 0 Å². The zero-order chi connectivity index (χ0) is 14.0. The number of nitrogens with one attached hydrogen (secondary N) is 1. The van der Waals surface area contributed by atoms with Crippen LogP contribution in [0.3, 0.4) is 0 Å². The second kappa shape index (κ2) is 5.02. The predicted octanol–water partition coefficient (Wildman–Crippen LogP) is 1.24. The summed E-state index contributed by atoms with van der Waals surface area (Å²) < 4.78 is 35.7. The molecule has 3 N–H and O–H groups in total. The lowest BCUT2D eigenvalue weighted by Gasteiger charge is -2.10. The number of benzene rings is 1. The molecule has 0 unspecified atom stereocenters. The van der Waals surface area contributed by atoms with Crippen LogP contribution in [0.5, 0.6) is 5.75 Å². The van der Waals surface area contributed by atoms with E-state index in [4.69, 9.17) is 10.5 Å². The number of aryl methyl sites for hydroxylation is 1. The fraction of sp³-hybridized carbons (Fsp3) is 0.200. The largest absolute Gasteiger partial charge is 0.495 e. The molecule has 0 saturated carbocycles. The van der Waals surface area contributed by atoms with E-state index >= 15 is 0 Å². The number of nitrogens with two attached hydrogens (primary N) is 1. The van der Waals surface area contributed by atoms with Crippen molar-refractivity contribution in [2.24, 2.45) is 0 Å². The SMILES string of the molecule is COc1cc(N)ccc1S(=O)(=O)Nc1nc(C)ns1. The quantitative estimate of drug-likeness (QED) is 0.823. The van der Waals surface area contributed by atoms with Gasteiger partial charge in [-0.15, -0.1) is 0 Å². The Morgan fingerprint density at radius 3 is 2.74 bits per heavy atom. The molecular formula is C10H12N4O3S2. The minimum atomic E-state index is -3.78. The summed E-state index contributed by atoms with van der Waals surface area (Å²) in [6, 6.07) is 4.31. The molecule has 2 rings (SSSR count). The second-order valence-corrected chi connectivity index (χ2v) is 6.07. The van der Waals surface area contributed by atoms with Gasteiger partial charge in [-0.1, -0.05) is 0 Å². The van der Waals surface area contributed by atoms with Gasteiger partial charge in [-0.3, -0.25) is 4.72 Å². The van der Waals surface area contributed by atoms with Crippen LogP contribution >= 0.6 is 11.5 Å². The normalized spacial score (nSPS) is 11.3. The Labute approximate surface area is 114 Å². The van der Waals surface area contributed by atoms with Crippen LogP contribution in [0.2, 0.25) is 0 Å². The molecule has 1 aromatic carbocycles. The molecule has 0 radical (unpaired) electrons. The van der Waals surface area contributed by atoms with Crippen LogP contribution in [0.15, 0.2) is 23.1 Å². The maximum absolute atomic E-state index is 12.2. The summed E-state index contributed by atoms with van der Waals surface area (Å²) in [7, 11) is -2.40. The molecule has 0 aliphatic carbocycles. The number of nitrogen functional groups attached to an aromatic ring is 1. The first-order valence-electron chi connectivity index (χ1n) is 5.19. The smallest absolute Gasteiger partial charge is 0.267 e. The summed E-state index contributed by atoms with van der Waals surface area (Å²) in [6.45, 7) is 1.68. The predicted molar refractivity (Wildman–Crippen MR) is 72.9 cm³/mol. The molecular weight excluding hydrogens is 288 g/mol. The highest BCUT2D eigenvalue weighted by atomic mass is 32.2. The first kappa shape index (κ1) is 13.6. The summed E-state index contributed by atoms with van der Waals surface area (Å²) in [5, 5.41) is 0.205. The van der Waals surface area contributed by atoms with Crippen LogP contribution in [0, 0.1) is 6.92 Å². The summed E-state index contributed by atoms with van der Waals surface area (Å²) in [5.41, 5.74) is 6.01. The lowest BCUT2D eigenvalue weighted by atomic mass is 10.3. The highest BCUT2D eigenvalue weighted by molar-refractivity contribution is 7.93. The fourth-order valence-corrected chi connectivity index (χ4v) is 3.36. The molecule has 1 aromatic heterocycles. The third kappa shape index (κ3) is 2.93. The van der Waals surface area contributed by atoms with E-state index < -0.39 is 10.0 Å². The van der Waals surface area contributed by atoms with Crippen LogP contribution in [0.25, 0.3) is 0 Å². The lowest BCUT2D eigenvalue weighted by molar-refractivity contribution is 0.403. The first-order chi connectivity index (χ1) is 8.92. The maximum atomic E-state index is 12.2. The first-order valence-corrected chi connectivity index (χ1v) is 7.44. The van der Waals surface area contributed by atoms with E-state index in [-0.39, 0.29) is 15.8 Å². The summed E-state index contributed by atoms with van der Waals surface area (Å²) in [5.74, 6) is 0.681. The van der Waals surface area contributed by atoms with Gasteiger partial charge < -0.3 is 10.5 Å². The van der Waals surface area contributed by atoms with Crippen molar-refractivity contribution in [1.29, 1.82) is 0 Å².